The fraction of sp³-hybridized carbons (Fsp3) is 0.455. The third-order valence-corrected chi connectivity index (χ3v) is 2.47. The van der Waals surface area contributed by atoms with Gasteiger partial charge in [-0.1, -0.05) is 23.8 Å². The van der Waals surface area contributed by atoms with E-state index >= 15 is 0 Å². The molecule has 4 heteroatoms. The maximum atomic E-state index is 12.6. The number of hydrogen-bond acceptors (Lipinski definition) is 1. The second-order valence-corrected chi connectivity index (χ2v) is 3.89. The van der Waals surface area contributed by atoms with E-state index in [1.165, 1.54) is 6.07 Å². The van der Waals surface area contributed by atoms with Gasteiger partial charge in [-0.15, -0.1) is 0 Å². The van der Waals surface area contributed by atoms with Crippen molar-refractivity contribution in [3.63, 3.8) is 0 Å². The first-order valence-corrected chi connectivity index (χ1v) is 4.53. The van der Waals surface area contributed by atoms with E-state index in [9.17, 15) is 18.3 Å². The third kappa shape index (κ3) is 2.15. The summed E-state index contributed by atoms with van der Waals surface area (Å²) in [5.41, 5.74) is -1.75. The maximum Gasteiger partial charge on any atom is 0.421 e. The largest absolute Gasteiger partial charge is 0.421 e. The molecule has 15 heavy (non-hydrogen) atoms. The molecule has 1 atom stereocenters. The zero-order valence-corrected chi connectivity index (χ0v) is 8.81. The second kappa shape index (κ2) is 3.52. The standard InChI is InChI=1S/C11H13F3O/c1-7-4-5-8(2)9(6-7)10(3,15)11(12,13)14/h4-6,15H,1-3H3. The quantitative estimate of drug-likeness (QED) is 0.768. The van der Waals surface area contributed by atoms with Crippen LogP contribution in [0.15, 0.2) is 18.2 Å². The van der Waals surface area contributed by atoms with E-state index < -0.39 is 11.8 Å². The predicted molar refractivity (Wildman–Crippen MR) is 51.5 cm³/mol. The normalized spacial score (nSPS) is 16.2. The summed E-state index contributed by atoms with van der Waals surface area (Å²) in [7, 11) is 0. The molecule has 0 aliphatic carbocycles. The molecule has 0 saturated heterocycles. The Labute approximate surface area is 86.5 Å². The van der Waals surface area contributed by atoms with Crippen molar-refractivity contribution in [2.75, 3.05) is 0 Å². The number of alkyl halides is 3. The molecule has 0 aromatic heterocycles. The van der Waals surface area contributed by atoms with Crippen molar-refractivity contribution in [2.24, 2.45) is 0 Å². The molecule has 0 aliphatic rings. The summed E-state index contributed by atoms with van der Waals surface area (Å²) in [6, 6.07) is 4.65. The molecule has 1 aromatic carbocycles. The highest BCUT2D eigenvalue weighted by atomic mass is 19.4. The van der Waals surface area contributed by atoms with Crippen LogP contribution in [0.4, 0.5) is 13.2 Å². The summed E-state index contributed by atoms with van der Waals surface area (Å²) >= 11 is 0. The van der Waals surface area contributed by atoms with Gasteiger partial charge in [0, 0.05) is 0 Å². The number of benzene rings is 1. The smallest absolute Gasteiger partial charge is 0.376 e. The molecule has 1 rings (SSSR count). The molecule has 0 heterocycles. The fourth-order valence-electron chi connectivity index (χ4n) is 1.41. The van der Waals surface area contributed by atoms with E-state index in [0.29, 0.717) is 11.1 Å². The lowest BCUT2D eigenvalue weighted by Gasteiger charge is -2.28. The van der Waals surface area contributed by atoms with Gasteiger partial charge in [-0.3, -0.25) is 0 Å². The van der Waals surface area contributed by atoms with E-state index in [1.54, 1.807) is 26.0 Å². The molecule has 0 fully saturated rings. The van der Waals surface area contributed by atoms with Gasteiger partial charge in [-0.05, 0) is 31.9 Å². The summed E-state index contributed by atoms with van der Waals surface area (Å²) < 4.78 is 37.7. The van der Waals surface area contributed by atoms with Crippen LogP contribution < -0.4 is 0 Å². The molecule has 84 valence electrons. The van der Waals surface area contributed by atoms with Gasteiger partial charge in [-0.2, -0.15) is 13.2 Å². The van der Waals surface area contributed by atoms with Crippen LogP contribution in [0.5, 0.6) is 0 Å². The van der Waals surface area contributed by atoms with Crippen molar-refractivity contribution >= 4 is 0 Å². The van der Waals surface area contributed by atoms with Gasteiger partial charge >= 0.3 is 6.18 Å². The molecule has 0 bridgehead atoms. The van der Waals surface area contributed by atoms with Crippen molar-refractivity contribution in [1.29, 1.82) is 0 Å². The Morgan fingerprint density at radius 3 is 2.13 bits per heavy atom. The second-order valence-electron chi connectivity index (χ2n) is 3.89. The van der Waals surface area contributed by atoms with Crippen molar-refractivity contribution in [3.05, 3.63) is 34.9 Å². The van der Waals surface area contributed by atoms with Gasteiger partial charge in [0.15, 0.2) is 5.60 Å². The average molecular weight is 218 g/mol. The summed E-state index contributed by atoms with van der Waals surface area (Å²) in [6.45, 7) is 4.01. The number of halogens is 3. The van der Waals surface area contributed by atoms with Crippen LogP contribution in [-0.2, 0) is 5.60 Å². The highest BCUT2D eigenvalue weighted by molar-refractivity contribution is 5.35. The first kappa shape index (κ1) is 12.0. The van der Waals surface area contributed by atoms with Crippen LogP contribution in [0.3, 0.4) is 0 Å². The van der Waals surface area contributed by atoms with Crippen LogP contribution in [0.2, 0.25) is 0 Å². The molecule has 1 nitrogen and oxygen atoms in total. The minimum absolute atomic E-state index is 0.0880. The highest BCUT2D eigenvalue weighted by Crippen LogP contribution is 2.39. The van der Waals surface area contributed by atoms with E-state index in [-0.39, 0.29) is 5.56 Å². The molecular weight excluding hydrogens is 205 g/mol. The Balaban J connectivity index is 3.32. The first-order valence-electron chi connectivity index (χ1n) is 4.53. The summed E-state index contributed by atoms with van der Waals surface area (Å²) in [4.78, 5) is 0. The lowest BCUT2D eigenvalue weighted by atomic mass is 9.90. The Kier molecular flexibility index (Phi) is 2.83. The van der Waals surface area contributed by atoms with Gasteiger partial charge in [0.25, 0.3) is 0 Å². The van der Waals surface area contributed by atoms with Crippen LogP contribution >= 0.6 is 0 Å². The van der Waals surface area contributed by atoms with Crippen LogP contribution in [0, 0.1) is 13.8 Å². The van der Waals surface area contributed by atoms with Crippen molar-refractivity contribution in [1.82, 2.24) is 0 Å². The van der Waals surface area contributed by atoms with E-state index in [4.69, 9.17) is 0 Å². The van der Waals surface area contributed by atoms with Crippen molar-refractivity contribution < 1.29 is 18.3 Å². The van der Waals surface area contributed by atoms with Crippen molar-refractivity contribution in [2.45, 2.75) is 32.5 Å². The monoisotopic (exact) mass is 218 g/mol. The van der Waals surface area contributed by atoms with Crippen LogP contribution in [-0.4, -0.2) is 11.3 Å². The van der Waals surface area contributed by atoms with Gasteiger partial charge in [-0.25, -0.2) is 0 Å². The Morgan fingerprint density at radius 2 is 1.67 bits per heavy atom. The topological polar surface area (TPSA) is 20.2 Å². The predicted octanol–water partition coefficient (Wildman–Crippen LogP) is 3.07. The number of hydrogen-bond donors (Lipinski definition) is 1. The average Bonchev–Trinajstić information content (AvgIpc) is 2.07. The maximum absolute atomic E-state index is 12.6. The number of rotatable bonds is 1. The molecule has 0 saturated carbocycles. The van der Waals surface area contributed by atoms with Crippen LogP contribution in [0.1, 0.15) is 23.6 Å². The van der Waals surface area contributed by atoms with Gasteiger partial charge in [0.05, 0.1) is 0 Å². The number of aliphatic hydroxyl groups is 1. The van der Waals surface area contributed by atoms with Gasteiger partial charge in [0.2, 0.25) is 0 Å². The van der Waals surface area contributed by atoms with Gasteiger partial charge in [0.1, 0.15) is 0 Å². The third-order valence-electron chi connectivity index (χ3n) is 2.47. The first-order chi connectivity index (χ1) is 6.66. The molecule has 1 unspecified atom stereocenters. The van der Waals surface area contributed by atoms with E-state index in [2.05, 4.69) is 0 Å². The lowest BCUT2D eigenvalue weighted by molar-refractivity contribution is -0.259. The summed E-state index contributed by atoms with van der Waals surface area (Å²) in [5, 5.41) is 9.50. The Bertz CT molecular complexity index is 367. The van der Waals surface area contributed by atoms with E-state index in [1.807, 2.05) is 0 Å². The molecule has 0 radical (unpaired) electrons. The summed E-state index contributed by atoms with van der Waals surface area (Å²) in [5.74, 6) is 0. The molecule has 0 spiro atoms. The molecular formula is C11H13F3O. The minimum Gasteiger partial charge on any atom is -0.376 e. The molecule has 0 aliphatic heterocycles. The van der Waals surface area contributed by atoms with Crippen molar-refractivity contribution in [3.8, 4) is 0 Å². The molecule has 1 N–H and O–H groups in total. The zero-order valence-electron chi connectivity index (χ0n) is 8.81. The minimum atomic E-state index is -4.66. The lowest BCUT2D eigenvalue weighted by Crippen LogP contribution is -2.39. The Morgan fingerprint density at radius 1 is 1.13 bits per heavy atom. The highest BCUT2D eigenvalue weighted by Gasteiger charge is 2.51. The zero-order chi connectivity index (χ0) is 11.9. The SMILES string of the molecule is Cc1ccc(C)c(C(C)(O)C(F)(F)F)c1. The fourth-order valence-corrected chi connectivity index (χ4v) is 1.41. The molecule has 0 amide bonds. The van der Waals surface area contributed by atoms with Gasteiger partial charge < -0.3 is 5.11 Å². The molecule has 1 aromatic rings. The van der Waals surface area contributed by atoms with Crippen LogP contribution in [0.25, 0.3) is 0 Å². The van der Waals surface area contributed by atoms with E-state index in [0.717, 1.165) is 6.92 Å². The Hall–Kier alpha value is -1.03. The number of aryl methyl sites for hydroxylation is 2. The summed E-state index contributed by atoms with van der Waals surface area (Å²) in [6.07, 6.45) is -4.66.